The first-order chi connectivity index (χ1) is 9.86. The third-order valence-corrected chi connectivity index (χ3v) is 3.89. The lowest BCUT2D eigenvalue weighted by molar-refractivity contribution is 0.282. The normalized spacial score (nSPS) is 18.9. The van der Waals surface area contributed by atoms with Gasteiger partial charge < -0.3 is 10.4 Å². The Kier molecular flexibility index (Phi) is 4.09. The molecule has 3 nitrogen and oxygen atoms in total. The third-order valence-electron chi connectivity index (χ3n) is 3.89. The molecule has 1 aromatic carbocycles. The zero-order chi connectivity index (χ0) is 13.8. The van der Waals surface area contributed by atoms with Crippen molar-refractivity contribution in [3.05, 3.63) is 53.7 Å². The first-order valence-electron chi connectivity index (χ1n) is 7.24. The first kappa shape index (κ1) is 13.3. The zero-order valence-corrected chi connectivity index (χ0v) is 11.5. The van der Waals surface area contributed by atoms with Crippen LogP contribution >= 0.6 is 0 Å². The molecule has 0 spiro atoms. The smallest absolute Gasteiger partial charge is 0.0705 e. The van der Waals surface area contributed by atoms with Crippen LogP contribution in [-0.2, 0) is 6.61 Å². The number of aliphatic hydroxyl groups is 1. The van der Waals surface area contributed by atoms with Crippen molar-refractivity contribution in [2.24, 2.45) is 0 Å². The summed E-state index contributed by atoms with van der Waals surface area (Å²) in [6.45, 7) is 2.21. The molecule has 0 saturated carbocycles. The quantitative estimate of drug-likeness (QED) is 0.899. The second kappa shape index (κ2) is 6.16. The second-order valence-corrected chi connectivity index (χ2v) is 5.35. The van der Waals surface area contributed by atoms with Crippen LogP contribution in [0.5, 0.6) is 0 Å². The van der Waals surface area contributed by atoms with Crippen LogP contribution in [0.3, 0.4) is 0 Å². The molecular formula is C17H20N2O. The highest BCUT2D eigenvalue weighted by Gasteiger charge is 2.16. The van der Waals surface area contributed by atoms with Crippen LogP contribution in [0, 0.1) is 0 Å². The van der Waals surface area contributed by atoms with E-state index in [2.05, 4.69) is 17.4 Å². The largest absolute Gasteiger partial charge is 0.392 e. The Morgan fingerprint density at radius 2 is 2.10 bits per heavy atom. The molecule has 2 aromatic rings. The lowest BCUT2D eigenvalue weighted by Crippen LogP contribution is -2.28. The van der Waals surface area contributed by atoms with Crippen LogP contribution < -0.4 is 5.32 Å². The molecule has 0 bridgehead atoms. The van der Waals surface area contributed by atoms with Gasteiger partial charge in [-0.3, -0.25) is 4.98 Å². The van der Waals surface area contributed by atoms with Crippen LogP contribution in [0.25, 0.3) is 11.3 Å². The number of nitrogens with one attached hydrogen (secondary N) is 1. The topological polar surface area (TPSA) is 45.1 Å². The van der Waals surface area contributed by atoms with E-state index >= 15 is 0 Å². The molecule has 0 aliphatic carbocycles. The van der Waals surface area contributed by atoms with Gasteiger partial charge in [-0.25, -0.2) is 0 Å². The van der Waals surface area contributed by atoms with Gasteiger partial charge in [0.05, 0.1) is 12.3 Å². The van der Waals surface area contributed by atoms with Crippen LogP contribution in [0.4, 0.5) is 0 Å². The first-order valence-corrected chi connectivity index (χ1v) is 7.24. The molecule has 3 rings (SSSR count). The van der Waals surface area contributed by atoms with Crippen molar-refractivity contribution < 1.29 is 5.11 Å². The fraction of sp³-hybridized carbons (Fsp3) is 0.353. The number of pyridine rings is 1. The number of benzene rings is 1. The van der Waals surface area contributed by atoms with Crippen molar-refractivity contribution in [3.63, 3.8) is 0 Å². The predicted octanol–water partition coefficient (Wildman–Crippen LogP) is 2.71. The molecular weight excluding hydrogens is 248 g/mol. The fourth-order valence-corrected chi connectivity index (χ4v) is 2.77. The Balaban J connectivity index is 1.89. The molecule has 104 valence electrons. The maximum atomic E-state index is 9.24. The minimum absolute atomic E-state index is 0.0695. The molecule has 0 radical (unpaired) electrons. The summed E-state index contributed by atoms with van der Waals surface area (Å²) < 4.78 is 0. The van der Waals surface area contributed by atoms with E-state index in [4.69, 9.17) is 4.98 Å². The molecule has 0 unspecified atom stereocenters. The maximum Gasteiger partial charge on any atom is 0.0705 e. The van der Waals surface area contributed by atoms with Gasteiger partial charge in [-0.05, 0) is 43.1 Å². The third kappa shape index (κ3) is 2.89. The molecule has 2 N–H and O–H groups in total. The molecule has 0 amide bonds. The Hall–Kier alpha value is -1.71. The number of piperidine rings is 1. The number of nitrogens with zero attached hydrogens (tertiary/aromatic N) is 1. The van der Waals surface area contributed by atoms with E-state index in [0.717, 1.165) is 29.9 Å². The van der Waals surface area contributed by atoms with E-state index < -0.39 is 0 Å². The number of aliphatic hydroxyl groups excluding tert-OH is 1. The molecule has 1 atom stereocenters. The summed E-state index contributed by atoms with van der Waals surface area (Å²) in [5.74, 6) is 0.518. The highest BCUT2D eigenvalue weighted by Crippen LogP contribution is 2.25. The molecule has 1 aliphatic rings. The summed E-state index contributed by atoms with van der Waals surface area (Å²) >= 11 is 0. The molecule has 1 aliphatic heterocycles. The molecule has 3 heteroatoms. The van der Waals surface area contributed by atoms with Crippen LogP contribution in [0.1, 0.15) is 30.0 Å². The minimum atomic E-state index is 0.0695. The Morgan fingerprint density at radius 3 is 2.90 bits per heavy atom. The van der Waals surface area contributed by atoms with Gasteiger partial charge in [0.2, 0.25) is 0 Å². The average molecular weight is 268 g/mol. The Bertz CT molecular complexity index is 577. The van der Waals surface area contributed by atoms with Crippen molar-refractivity contribution in [2.45, 2.75) is 25.4 Å². The summed E-state index contributed by atoms with van der Waals surface area (Å²) in [4.78, 5) is 4.82. The van der Waals surface area contributed by atoms with Crippen molar-refractivity contribution in [1.82, 2.24) is 10.3 Å². The number of rotatable bonds is 3. The van der Waals surface area contributed by atoms with Crippen LogP contribution in [0.15, 0.2) is 42.5 Å². The van der Waals surface area contributed by atoms with Crippen molar-refractivity contribution in [1.29, 1.82) is 0 Å². The van der Waals surface area contributed by atoms with E-state index in [1.807, 2.05) is 30.3 Å². The molecule has 1 saturated heterocycles. The van der Waals surface area contributed by atoms with E-state index in [0.29, 0.717) is 5.92 Å². The lowest BCUT2D eigenvalue weighted by Gasteiger charge is -2.22. The lowest BCUT2D eigenvalue weighted by atomic mass is 9.95. The zero-order valence-electron chi connectivity index (χ0n) is 11.5. The molecule has 20 heavy (non-hydrogen) atoms. The SMILES string of the molecule is OCc1cccc(-c2cccc([C@H]3CCCNC3)n2)c1. The van der Waals surface area contributed by atoms with Gasteiger partial charge in [-0.15, -0.1) is 0 Å². The van der Waals surface area contributed by atoms with Gasteiger partial charge in [-0.2, -0.15) is 0 Å². The van der Waals surface area contributed by atoms with Crippen molar-refractivity contribution in [3.8, 4) is 11.3 Å². The van der Waals surface area contributed by atoms with E-state index in [9.17, 15) is 5.11 Å². The Morgan fingerprint density at radius 1 is 1.20 bits per heavy atom. The number of hydrogen-bond donors (Lipinski definition) is 2. The molecule has 2 heterocycles. The van der Waals surface area contributed by atoms with Gasteiger partial charge in [0, 0.05) is 23.7 Å². The van der Waals surface area contributed by atoms with Crippen molar-refractivity contribution >= 4 is 0 Å². The van der Waals surface area contributed by atoms with Gasteiger partial charge in [0.15, 0.2) is 0 Å². The highest BCUT2D eigenvalue weighted by molar-refractivity contribution is 5.60. The predicted molar refractivity (Wildman–Crippen MR) is 80.4 cm³/mol. The Labute approximate surface area is 119 Å². The van der Waals surface area contributed by atoms with Gasteiger partial charge in [0.25, 0.3) is 0 Å². The molecule has 1 aromatic heterocycles. The number of aromatic nitrogens is 1. The highest BCUT2D eigenvalue weighted by atomic mass is 16.3. The van der Waals surface area contributed by atoms with Gasteiger partial charge in [-0.1, -0.05) is 24.3 Å². The minimum Gasteiger partial charge on any atom is -0.392 e. The summed E-state index contributed by atoms with van der Waals surface area (Å²) in [5.41, 5.74) is 4.16. The summed E-state index contributed by atoms with van der Waals surface area (Å²) in [7, 11) is 0. The molecule has 1 fully saturated rings. The fourth-order valence-electron chi connectivity index (χ4n) is 2.77. The van der Waals surface area contributed by atoms with Gasteiger partial charge in [0.1, 0.15) is 0 Å². The van der Waals surface area contributed by atoms with E-state index in [1.165, 1.54) is 18.5 Å². The van der Waals surface area contributed by atoms with Crippen molar-refractivity contribution in [2.75, 3.05) is 13.1 Å². The summed E-state index contributed by atoms with van der Waals surface area (Å²) in [6.07, 6.45) is 2.43. The standard InChI is InChI=1S/C17H20N2O/c20-12-13-4-1-5-14(10-13)16-7-2-8-17(19-16)15-6-3-9-18-11-15/h1-2,4-5,7-8,10,15,18,20H,3,6,9,11-12H2/t15-/m0/s1. The average Bonchev–Trinajstić information content (AvgIpc) is 2.56. The monoisotopic (exact) mass is 268 g/mol. The second-order valence-electron chi connectivity index (χ2n) is 5.35. The van der Waals surface area contributed by atoms with Crippen LogP contribution in [-0.4, -0.2) is 23.2 Å². The summed E-state index contributed by atoms with van der Waals surface area (Å²) in [5, 5.41) is 12.7. The maximum absolute atomic E-state index is 9.24. The van der Waals surface area contributed by atoms with Crippen LogP contribution in [0.2, 0.25) is 0 Å². The van der Waals surface area contributed by atoms with Gasteiger partial charge >= 0.3 is 0 Å². The summed E-state index contributed by atoms with van der Waals surface area (Å²) in [6, 6.07) is 14.2. The number of hydrogen-bond acceptors (Lipinski definition) is 3. The van der Waals surface area contributed by atoms with E-state index in [-0.39, 0.29) is 6.61 Å². The van der Waals surface area contributed by atoms with E-state index in [1.54, 1.807) is 0 Å².